The van der Waals surface area contributed by atoms with Gasteiger partial charge in [-0.25, -0.2) is 0 Å². The predicted octanol–water partition coefficient (Wildman–Crippen LogP) is 3.59. The Labute approximate surface area is 122 Å². The van der Waals surface area contributed by atoms with Crippen LogP contribution in [0.15, 0.2) is 30.3 Å². The van der Waals surface area contributed by atoms with E-state index in [4.69, 9.17) is 0 Å². The molecule has 2 fully saturated rings. The second-order valence-corrected chi connectivity index (χ2v) is 6.53. The van der Waals surface area contributed by atoms with Crippen LogP contribution in [0.1, 0.15) is 50.5 Å². The van der Waals surface area contributed by atoms with Gasteiger partial charge in [0.25, 0.3) is 0 Å². The molecule has 1 saturated heterocycles. The molecule has 110 valence electrons. The highest BCUT2D eigenvalue weighted by Gasteiger charge is 2.35. The summed E-state index contributed by atoms with van der Waals surface area (Å²) in [4.78, 5) is 2.64. The van der Waals surface area contributed by atoms with Gasteiger partial charge in [-0.1, -0.05) is 49.6 Å². The molecule has 0 spiro atoms. The molecule has 1 heterocycles. The number of likely N-dealkylation sites (tertiary alicyclic amines) is 1. The lowest BCUT2D eigenvalue weighted by molar-refractivity contribution is -0.00861. The second-order valence-electron chi connectivity index (χ2n) is 6.53. The number of rotatable bonds is 3. The molecule has 2 heteroatoms. The van der Waals surface area contributed by atoms with Crippen LogP contribution in [0, 0.1) is 5.92 Å². The van der Waals surface area contributed by atoms with Crippen molar-refractivity contribution in [3.05, 3.63) is 35.9 Å². The zero-order valence-corrected chi connectivity index (χ0v) is 12.4. The Balaban J connectivity index is 1.70. The Morgan fingerprint density at radius 3 is 2.50 bits per heavy atom. The van der Waals surface area contributed by atoms with Crippen LogP contribution in [-0.2, 0) is 6.54 Å². The molecule has 1 aromatic rings. The summed E-state index contributed by atoms with van der Waals surface area (Å²) < 4.78 is 0. The molecule has 1 aliphatic heterocycles. The lowest BCUT2D eigenvalue weighted by atomic mass is 9.78. The molecule has 0 aromatic heterocycles. The maximum absolute atomic E-state index is 10.4. The Morgan fingerprint density at radius 2 is 1.70 bits per heavy atom. The van der Waals surface area contributed by atoms with Gasteiger partial charge in [0.05, 0.1) is 6.10 Å². The summed E-state index contributed by atoms with van der Waals surface area (Å²) in [5.74, 6) is 0.507. The third-order valence-corrected chi connectivity index (χ3v) is 5.17. The second kappa shape index (κ2) is 6.73. The summed E-state index contributed by atoms with van der Waals surface area (Å²) >= 11 is 0. The monoisotopic (exact) mass is 273 g/mol. The zero-order chi connectivity index (χ0) is 13.8. The Morgan fingerprint density at radius 1 is 0.950 bits per heavy atom. The average Bonchev–Trinajstić information content (AvgIpc) is 2.50. The van der Waals surface area contributed by atoms with Crippen LogP contribution < -0.4 is 0 Å². The highest BCUT2D eigenvalue weighted by Crippen LogP contribution is 2.34. The van der Waals surface area contributed by atoms with E-state index in [0.29, 0.717) is 12.0 Å². The van der Waals surface area contributed by atoms with Gasteiger partial charge in [0.2, 0.25) is 0 Å². The van der Waals surface area contributed by atoms with Crippen LogP contribution in [0.5, 0.6) is 0 Å². The average molecular weight is 273 g/mol. The predicted molar refractivity (Wildman–Crippen MR) is 82.5 cm³/mol. The van der Waals surface area contributed by atoms with Crippen molar-refractivity contribution in [3.8, 4) is 0 Å². The number of hydrogen-bond donors (Lipinski definition) is 1. The van der Waals surface area contributed by atoms with Gasteiger partial charge in [-0.05, 0) is 37.8 Å². The zero-order valence-electron chi connectivity index (χ0n) is 12.4. The first kappa shape index (κ1) is 14.1. The molecular formula is C18H27NO. The lowest BCUT2D eigenvalue weighted by Crippen LogP contribution is -2.48. The van der Waals surface area contributed by atoms with E-state index >= 15 is 0 Å². The molecule has 3 unspecified atom stereocenters. The van der Waals surface area contributed by atoms with E-state index in [-0.39, 0.29) is 6.10 Å². The maximum atomic E-state index is 10.4. The van der Waals surface area contributed by atoms with Crippen LogP contribution in [0.2, 0.25) is 0 Å². The third kappa shape index (κ3) is 3.24. The molecule has 2 aliphatic rings. The van der Waals surface area contributed by atoms with E-state index in [1.54, 1.807) is 0 Å². The molecule has 0 bridgehead atoms. The summed E-state index contributed by atoms with van der Waals surface area (Å²) in [5.41, 5.74) is 1.41. The Bertz CT molecular complexity index is 405. The molecule has 1 aliphatic carbocycles. The minimum absolute atomic E-state index is 0.0647. The van der Waals surface area contributed by atoms with Crippen LogP contribution in [0.3, 0.4) is 0 Å². The standard InChI is InChI=1S/C18H27NO/c20-18-12-5-4-10-16(18)17-11-6-7-13-19(17)14-15-8-2-1-3-9-15/h1-3,8-9,16-18,20H,4-7,10-14H2. The van der Waals surface area contributed by atoms with Gasteiger partial charge in [0, 0.05) is 18.5 Å². The number of nitrogens with zero attached hydrogens (tertiary/aromatic N) is 1. The van der Waals surface area contributed by atoms with E-state index in [1.165, 1.54) is 50.6 Å². The van der Waals surface area contributed by atoms with Crippen molar-refractivity contribution in [1.82, 2.24) is 4.90 Å². The summed E-state index contributed by atoms with van der Waals surface area (Å²) in [6.45, 7) is 2.25. The fourth-order valence-electron chi connectivity index (χ4n) is 4.10. The molecule has 0 amide bonds. The molecule has 20 heavy (non-hydrogen) atoms. The normalized spacial score (nSPS) is 32.1. The first-order valence-corrected chi connectivity index (χ1v) is 8.30. The fourth-order valence-corrected chi connectivity index (χ4v) is 4.10. The van der Waals surface area contributed by atoms with Crippen molar-refractivity contribution in [2.45, 2.75) is 63.6 Å². The summed E-state index contributed by atoms with van der Waals surface area (Å²) in [6, 6.07) is 11.4. The van der Waals surface area contributed by atoms with E-state index in [0.717, 1.165) is 13.0 Å². The first-order chi connectivity index (χ1) is 9.84. The number of benzene rings is 1. The maximum Gasteiger partial charge on any atom is 0.0583 e. The fraction of sp³-hybridized carbons (Fsp3) is 0.667. The Hall–Kier alpha value is -0.860. The van der Waals surface area contributed by atoms with Crippen molar-refractivity contribution in [2.24, 2.45) is 5.92 Å². The van der Waals surface area contributed by atoms with Crippen LogP contribution in [0.25, 0.3) is 0 Å². The van der Waals surface area contributed by atoms with Gasteiger partial charge in [-0.15, -0.1) is 0 Å². The minimum atomic E-state index is -0.0647. The SMILES string of the molecule is OC1CCCCC1C1CCCCN1Cc1ccccc1. The van der Waals surface area contributed by atoms with Gasteiger partial charge in [-0.3, -0.25) is 4.90 Å². The third-order valence-electron chi connectivity index (χ3n) is 5.17. The molecule has 0 radical (unpaired) electrons. The summed E-state index contributed by atoms with van der Waals surface area (Å²) in [5, 5.41) is 10.4. The molecule has 2 nitrogen and oxygen atoms in total. The lowest BCUT2D eigenvalue weighted by Gasteiger charge is -2.43. The largest absolute Gasteiger partial charge is 0.393 e. The van der Waals surface area contributed by atoms with Crippen LogP contribution in [-0.4, -0.2) is 28.7 Å². The first-order valence-electron chi connectivity index (χ1n) is 8.30. The highest BCUT2D eigenvalue weighted by molar-refractivity contribution is 5.14. The Kier molecular flexibility index (Phi) is 4.74. The smallest absolute Gasteiger partial charge is 0.0583 e. The van der Waals surface area contributed by atoms with E-state index in [2.05, 4.69) is 35.2 Å². The molecular weight excluding hydrogens is 246 g/mol. The van der Waals surface area contributed by atoms with Crippen molar-refractivity contribution >= 4 is 0 Å². The van der Waals surface area contributed by atoms with Gasteiger partial charge < -0.3 is 5.11 Å². The number of aliphatic hydroxyl groups is 1. The van der Waals surface area contributed by atoms with Crippen molar-refractivity contribution < 1.29 is 5.11 Å². The number of aliphatic hydroxyl groups excluding tert-OH is 1. The highest BCUT2D eigenvalue weighted by atomic mass is 16.3. The topological polar surface area (TPSA) is 23.5 Å². The molecule has 3 rings (SSSR count). The van der Waals surface area contributed by atoms with E-state index in [9.17, 15) is 5.11 Å². The number of hydrogen-bond acceptors (Lipinski definition) is 2. The minimum Gasteiger partial charge on any atom is -0.393 e. The van der Waals surface area contributed by atoms with E-state index in [1.807, 2.05) is 0 Å². The van der Waals surface area contributed by atoms with Gasteiger partial charge in [-0.2, -0.15) is 0 Å². The van der Waals surface area contributed by atoms with E-state index < -0.39 is 0 Å². The van der Waals surface area contributed by atoms with Gasteiger partial charge >= 0.3 is 0 Å². The molecule has 1 saturated carbocycles. The van der Waals surface area contributed by atoms with Gasteiger partial charge in [0.1, 0.15) is 0 Å². The molecule has 1 aromatic carbocycles. The quantitative estimate of drug-likeness (QED) is 0.909. The van der Waals surface area contributed by atoms with Crippen molar-refractivity contribution in [2.75, 3.05) is 6.54 Å². The van der Waals surface area contributed by atoms with Crippen molar-refractivity contribution in [1.29, 1.82) is 0 Å². The van der Waals surface area contributed by atoms with Gasteiger partial charge in [0.15, 0.2) is 0 Å². The van der Waals surface area contributed by atoms with Crippen LogP contribution in [0.4, 0.5) is 0 Å². The molecule has 1 N–H and O–H groups in total. The molecule has 3 atom stereocenters. The summed E-state index contributed by atoms with van der Waals surface area (Å²) in [7, 11) is 0. The number of piperidine rings is 1. The van der Waals surface area contributed by atoms with Crippen molar-refractivity contribution in [3.63, 3.8) is 0 Å². The van der Waals surface area contributed by atoms with Crippen LogP contribution >= 0.6 is 0 Å². The summed E-state index contributed by atoms with van der Waals surface area (Å²) in [6.07, 6.45) is 8.60.